The van der Waals surface area contributed by atoms with Crippen molar-refractivity contribution < 1.29 is 4.52 Å². The van der Waals surface area contributed by atoms with E-state index in [1.165, 1.54) is 6.42 Å². The summed E-state index contributed by atoms with van der Waals surface area (Å²) in [6.07, 6.45) is 2.09. The summed E-state index contributed by atoms with van der Waals surface area (Å²) in [6.45, 7) is 7.27. The van der Waals surface area contributed by atoms with Crippen LogP contribution in [0.4, 0.5) is 0 Å². The first-order valence-electron chi connectivity index (χ1n) is 6.38. The highest BCUT2D eigenvalue weighted by Gasteiger charge is 2.22. The number of likely N-dealkylation sites (N-methyl/N-ethyl adjacent to an activating group) is 1. The van der Waals surface area contributed by atoms with Crippen LogP contribution in [-0.4, -0.2) is 41.2 Å². The maximum absolute atomic E-state index is 5.27. The Kier molecular flexibility index (Phi) is 4.12. The second-order valence-electron chi connectivity index (χ2n) is 5.21. The summed E-state index contributed by atoms with van der Waals surface area (Å²) in [4.78, 5) is 6.78. The van der Waals surface area contributed by atoms with E-state index in [9.17, 15) is 0 Å². The van der Waals surface area contributed by atoms with E-state index in [0.29, 0.717) is 12.0 Å². The van der Waals surface area contributed by atoms with Crippen LogP contribution in [0.3, 0.4) is 0 Å². The van der Waals surface area contributed by atoms with Gasteiger partial charge in [-0.15, -0.1) is 0 Å². The van der Waals surface area contributed by atoms with Gasteiger partial charge in [0.25, 0.3) is 0 Å². The quantitative estimate of drug-likeness (QED) is 0.831. The zero-order valence-electron chi connectivity index (χ0n) is 10.9. The summed E-state index contributed by atoms with van der Waals surface area (Å²) >= 11 is 0. The lowest BCUT2D eigenvalue weighted by atomic mass is 10.1. The first-order chi connectivity index (χ1) is 8.17. The first kappa shape index (κ1) is 12.5. The predicted octanol–water partition coefficient (Wildman–Crippen LogP) is 1.06. The van der Waals surface area contributed by atoms with Crippen molar-refractivity contribution in [3.05, 3.63) is 11.7 Å². The standard InChI is InChI=1S/C12H22N4O/c1-9(2)6-11-14-12(17-15-11)8-16-5-4-10(7-16)13-3/h9-10,13H,4-8H2,1-3H3. The smallest absolute Gasteiger partial charge is 0.240 e. The van der Waals surface area contributed by atoms with Gasteiger partial charge >= 0.3 is 0 Å². The minimum atomic E-state index is 0.570. The molecule has 1 N–H and O–H groups in total. The summed E-state index contributed by atoms with van der Waals surface area (Å²) in [7, 11) is 2.02. The van der Waals surface area contributed by atoms with E-state index in [-0.39, 0.29) is 0 Å². The van der Waals surface area contributed by atoms with Crippen molar-refractivity contribution in [1.82, 2.24) is 20.4 Å². The molecule has 5 nitrogen and oxygen atoms in total. The monoisotopic (exact) mass is 238 g/mol. The minimum absolute atomic E-state index is 0.570. The number of hydrogen-bond acceptors (Lipinski definition) is 5. The molecule has 0 amide bonds. The lowest BCUT2D eigenvalue weighted by Gasteiger charge is -2.12. The SMILES string of the molecule is CNC1CCN(Cc2nc(CC(C)C)no2)C1. The number of likely N-dealkylation sites (tertiary alicyclic amines) is 1. The molecule has 1 unspecified atom stereocenters. The van der Waals surface area contributed by atoms with Gasteiger partial charge < -0.3 is 9.84 Å². The molecule has 1 aromatic rings. The molecule has 1 aromatic heterocycles. The van der Waals surface area contributed by atoms with E-state index in [0.717, 1.165) is 37.8 Å². The topological polar surface area (TPSA) is 54.2 Å². The zero-order valence-corrected chi connectivity index (χ0v) is 10.9. The van der Waals surface area contributed by atoms with Crippen LogP contribution in [0.15, 0.2) is 4.52 Å². The molecule has 1 fully saturated rings. The van der Waals surface area contributed by atoms with Crippen LogP contribution in [0, 0.1) is 5.92 Å². The van der Waals surface area contributed by atoms with Gasteiger partial charge in [0.2, 0.25) is 5.89 Å². The molecule has 0 spiro atoms. The normalized spacial score (nSPS) is 21.5. The third kappa shape index (κ3) is 3.51. The second-order valence-corrected chi connectivity index (χ2v) is 5.21. The number of nitrogens with zero attached hydrogens (tertiary/aromatic N) is 3. The van der Waals surface area contributed by atoms with Gasteiger partial charge in [-0.1, -0.05) is 19.0 Å². The van der Waals surface area contributed by atoms with Crippen LogP contribution >= 0.6 is 0 Å². The van der Waals surface area contributed by atoms with Crippen molar-refractivity contribution in [2.45, 2.75) is 39.3 Å². The lowest BCUT2D eigenvalue weighted by Crippen LogP contribution is -2.29. The van der Waals surface area contributed by atoms with E-state index >= 15 is 0 Å². The van der Waals surface area contributed by atoms with Crippen molar-refractivity contribution in [3.63, 3.8) is 0 Å². The Bertz CT molecular complexity index is 350. The molecule has 17 heavy (non-hydrogen) atoms. The van der Waals surface area contributed by atoms with Gasteiger partial charge in [-0.3, -0.25) is 4.90 Å². The van der Waals surface area contributed by atoms with Gasteiger partial charge in [0.1, 0.15) is 0 Å². The third-order valence-corrected chi connectivity index (χ3v) is 3.14. The number of hydrogen-bond donors (Lipinski definition) is 1. The van der Waals surface area contributed by atoms with E-state index in [1.54, 1.807) is 0 Å². The fourth-order valence-corrected chi connectivity index (χ4v) is 2.21. The van der Waals surface area contributed by atoms with Gasteiger partial charge in [0.05, 0.1) is 6.54 Å². The molecule has 2 rings (SSSR count). The summed E-state index contributed by atoms with van der Waals surface area (Å²) in [5.41, 5.74) is 0. The largest absolute Gasteiger partial charge is 0.338 e. The van der Waals surface area contributed by atoms with E-state index in [4.69, 9.17) is 4.52 Å². The lowest BCUT2D eigenvalue weighted by molar-refractivity contribution is 0.263. The van der Waals surface area contributed by atoms with E-state index in [2.05, 4.69) is 34.2 Å². The van der Waals surface area contributed by atoms with Crippen LogP contribution in [-0.2, 0) is 13.0 Å². The molecule has 0 bridgehead atoms. The molecule has 5 heteroatoms. The number of nitrogens with one attached hydrogen (secondary N) is 1. The molecule has 2 heterocycles. The van der Waals surface area contributed by atoms with E-state index < -0.39 is 0 Å². The highest BCUT2D eigenvalue weighted by molar-refractivity contribution is 4.89. The fourth-order valence-electron chi connectivity index (χ4n) is 2.21. The van der Waals surface area contributed by atoms with Crippen molar-refractivity contribution in [2.75, 3.05) is 20.1 Å². The zero-order chi connectivity index (χ0) is 12.3. The molecule has 96 valence electrons. The van der Waals surface area contributed by atoms with E-state index in [1.807, 2.05) is 7.05 Å². The van der Waals surface area contributed by atoms with Crippen LogP contribution < -0.4 is 5.32 Å². The molecule has 0 aromatic carbocycles. The Balaban J connectivity index is 1.85. The Labute approximate surface area is 103 Å². The molecule has 1 aliphatic heterocycles. The molecule has 1 aliphatic rings. The summed E-state index contributed by atoms with van der Waals surface area (Å²) < 4.78 is 5.27. The third-order valence-electron chi connectivity index (χ3n) is 3.14. The van der Waals surface area contributed by atoms with Crippen molar-refractivity contribution in [2.24, 2.45) is 5.92 Å². The number of aromatic nitrogens is 2. The minimum Gasteiger partial charge on any atom is -0.338 e. The first-order valence-corrected chi connectivity index (χ1v) is 6.38. The average molecular weight is 238 g/mol. The highest BCUT2D eigenvalue weighted by atomic mass is 16.5. The van der Waals surface area contributed by atoms with Crippen molar-refractivity contribution in [3.8, 4) is 0 Å². The van der Waals surface area contributed by atoms with Crippen molar-refractivity contribution in [1.29, 1.82) is 0 Å². The average Bonchev–Trinajstić information content (AvgIpc) is 2.88. The summed E-state index contributed by atoms with van der Waals surface area (Å²) in [6, 6.07) is 0.605. The molecule has 0 saturated carbocycles. The Morgan fingerprint density at radius 1 is 1.53 bits per heavy atom. The van der Waals surface area contributed by atoms with Gasteiger partial charge in [-0.05, 0) is 19.4 Å². The van der Waals surface area contributed by atoms with Gasteiger partial charge in [-0.2, -0.15) is 4.98 Å². The van der Waals surface area contributed by atoms with Crippen LogP contribution in [0.1, 0.15) is 32.0 Å². The summed E-state index contributed by atoms with van der Waals surface area (Å²) in [5.74, 6) is 2.15. The fraction of sp³-hybridized carbons (Fsp3) is 0.833. The second kappa shape index (κ2) is 5.60. The molecule has 0 radical (unpaired) electrons. The molecule has 1 saturated heterocycles. The van der Waals surface area contributed by atoms with Crippen LogP contribution in [0.5, 0.6) is 0 Å². The predicted molar refractivity (Wildman–Crippen MR) is 65.6 cm³/mol. The molecule has 0 aliphatic carbocycles. The van der Waals surface area contributed by atoms with Crippen molar-refractivity contribution >= 4 is 0 Å². The Morgan fingerprint density at radius 2 is 2.35 bits per heavy atom. The van der Waals surface area contributed by atoms with Crippen LogP contribution in [0.25, 0.3) is 0 Å². The van der Waals surface area contributed by atoms with Crippen LogP contribution in [0.2, 0.25) is 0 Å². The highest BCUT2D eigenvalue weighted by Crippen LogP contribution is 2.13. The Morgan fingerprint density at radius 3 is 3.00 bits per heavy atom. The molecular weight excluding hydrogens is 216 g/mol. The number of rotatable bonds is 5. The molecule has 1 atom stereocenters. The summed E-state index contributed by atoms with van der Waals surface area (Å²) in [5, 5.41) is 7.31. The maximum Gasteiger partial charge on any atom is 0.240 e. The van der Waals surface area contributed by atoms with Gasteiger partial charge in [0, 0.05) is 25.6 Å². The Hall–Kier alpha value is -0.940. The van der Waals surface area contributed by atoms with Gasteiger partial charge in [0.15, 0.2) is 5.82 Å². The maximum atomic E-state index is 5.27. The molecular formula is C12H22N4O. The van der Waals surface area contributed by atoms with Gasteiger partial charge in [-0.25, -0.2) is 0 Å².